The number of carbonyl (C=O) groups is 1. The van der Waals surface area contributed by atoms with Crippen LogP contribution in [0.2, 0.25) is 0 Å². The minimum absolute atomic E-state index is 0.146. The first-order valence-corrected chi connectivity index (χ1v) is 4.62. The molecule has 0 aromatic carbocycles. The van der Waals surface area contributed by atoms with E-state index < -0.39 is 0 Å². The van der Waals surface area contributed by atoms with Crippen molar-refractivity contribution in [1.29, 1.82) is 0 Å². The highest BCUT2D eigenvalue weighted by atomic mass is 16.6. The molecule has 0 amide bonds. The molecule has 0 saturated heterocycles. The smallest absolute Gasteiger partial charge is 0.311 e. The van der Waals surface area contributed by atoms with Gasteiger partial charge in [0.1, 0.15) is 13.2 Å². The van der Waals surface area contributed by atoms with Gasteiger partial charge in [-0.25, -0.2) is 4.98 Å². The Morgan fingerprint density at radius 2 is 2.27 bits per heavy atom. The molecule has 0 saturated carbocycles. The van der Waals surface area contributed by atoms with Crippen LogP contribution in [-0.2, 0) is 16.0 Å². The summed E-state index contributed by atoms with van der Waals surface area (Å²) in [5.74, 6) is 0.747. The Bertz CT molecular complexity index is 378. The van der Waals surface area contributed by atoms with Crippen molar-refractivity contribution in [3.05, 3.63) is 17.8 Å². The summed E-state index contributed by atoms with van der Waals surface area (Å²) in [7, 11) is 1.35. The molecule has 5 nitrogen and oxygen atoms in total. The molecule has 5 heteroatoms. The van der Waals surface area contributed by atoms with E-state index in [0.717, 1.165) is 0 Å². The van der Waals surface area contributed by atoms with E-state index in [9.17, 15) is 4.79 Å². The standard InChI is InChI=1S/C10H11NO4/c1-13-9(12)6-7-2-3-8-10(11-7)15-5-4-14-8/h2-3H,4-6H2,1H3. The molecule has 0 fully saturated rings. The maximum atomic E-state index is 11.0. The fourth-order valence-electron chi connectivity index (χ4n) is 1.29. The summed E-state index contributed by atoms with van der Waals surface area (Å²) < 4.78 is 15.1. The lowest BCUT2D eigenvalue weighted by atomic mass is 10.2. The highest BCUT2D eigenvalue weighted by molar-refractivity contribution is 5.71. The van der Waals surface area contributed by atoms with Crippen LogP contribution in [0.5, 0.6) is 11.6 Å². The van der Waals surface area contributed by atoms with E-state index in [2.05, 4.69) is 9.72 Å². The topological polar surface area (TPSA) is 57.7 Å². The summed E-state index contributed by atoms with van der Waals surface area (Å²) in [6.07, 6.45) is 0.146. The molecule has 0 N–H and O–H groups in total. The van der Waals surface area contributed by atoms with Crippen molar-refractivity contribution < 1.29 is 19.0 Å². The van der Waals surface area contributed by atoms with Crippen LogP contribution in [0.1, 0.15) is 5.69 Å². The Hall–Kier alpha value is -1.78. The van der Waals surface area contributed by atoms with Gasteiger partial charge in [0.05, 0.1) is 19.2 Å². The van der Waals surface area contributed by atoms with Gasteiger partial charge >= 0.3 is 5.97 Å². The molecule has 1 aliphatic heterocycles. The highest BCUT2D eigenvalue weighted by Crippen LogP contribution is 2.27. The fourth-order valence-corrected chi connectivity index (χ4v) is 1.29. The molecule has 1 aromatic heterocycles. The Balaban J connectivity index is 2.17. The van der Waals surface area contributed by atoms with E-state index in [-0.39, 0.29) is 12.4 Å². The number of rotatable bonds is 2. The lowest BCUT2D eigenvalue weighted by Gasteiger charge is -2.17. The summed E-state index contributed by atoms with van der Waals surface area (Å²) in [5.41, 5.74) is 0.617. The lowest BCUT2D eigenvalue weighted by molar-refractivity contribution is -0.139. The average molecular weight is 209 g/mol. The first-order valence-electron chi connectivity index (χ1n) is 4.62. The third kappa shape index (κ3) is 2.18. The van der Waals surface area contributed by atoms with Crippen LogP contribution in [0.3, 0.4) is 0 Å². The van der Waals surface area contributed by atoms with Gasteiger partial charge in [-0.2, -0.15) is 0 Å². The molecule has 2 heterocycles. The maximum absolute atomic E-state index is 11.0. The molecule has 15 heavy (non-hydrogen) atoms. The number of pyridine rings is 1. The number of hydrogen-bond donors (Lipinski definition) is 0. The largest absolute Gasteiger partial charge is 0.484 e. The molecule has 0 bridgehead atoms. The van der Waals surface area contributed by atoms with Gasteiger partial charge in [0, 0.05) is 0 Å². The zero-order valence-corrected chi connectivity index (χ0v) is 8.36. The quantitative estimate of drug-likeness (QED) is 0.666. The molecule has 0 radical (unpaired) electrons. The van der Waals surface area contributed by atoms with E-state index in [1.54, 1.807) is 12.1 Å². The van der Waals surface area contributed by atoms with Gasteiger partial charge in [-0.15, -0.1) is 0 Å². The predicted octanol–water partition coefficient (Wildman–Crippen LogP) is 0.568. The zero-order valence-electron chi connectivity index (χ0n) is 8.36. The number of fused-ring (bicyclic) bond motifs is 1. The number of nitrogens with zero attached hydrogens (tertiary/aromatic N) is 1. The molecule has 0 unspecified atom stereocenters. The fraction of sp³-hybridized carbons (Fsp3) is 0.400. The van der Waals surface area contributed by atoms with Crippen molar-refractivity contribution in [3.63, 3.8) is 0 Å². The van der Waals surface area contributed by atoms with Crippen molar-refractivity contribution in [2.75, 3.05) is 20.3 Å². The minimum Gasteiger partial charge on any atom is -0.484 e. The molecule has 2 rings (SSSR count). The summed E-state index contributed by atoms with van der Waals surface area (Å²) in [6.45, 7) is 1.02. The molecule has 1 aliphatic rings. The van der Waals surface area contributed by atoms with Crippen LogP contribution in [0.25, 0.3) is 0 Å². The number of carbonyl (C=O) groups excluding carboxylic acids is 1. The Kier molecular flexibility index (Phi) is 2.71. The molecule has 1 aromatic rings. The second kappa shape index (κ2) is 4.16. The summed E-state index contributed by atoms with van der Waals surface area (Å²) in [4.78, 5) is 15.2. The average Bonchev–Trinajstić information content (AvgIpc) is 2.29. The number of methoxy groups -OCH3 is 1. The predicted molar refractivity (Wildman–Crippen MR) is 50.9 cm³/mol. The normalized spacial score (nSPS) is 13.4. The first kappa shape index (κ1) is 9.76. The Labute approximate surface area is 87.0 Å². The number of hydrogen-bond acceptors (Lipinski definition) is 5. The number of aromatic nitrogens is 1. The van der Waals surface area contributed by atoms with Gasteiger partial charge in [0.2, 0.25) is 0 Å². The molecule has 0 atom stereocenters. The SMILES string of the molecule is COC(=O)Cc1ccc2c(n1)OCCO2. The third-order valence-electron chi connectivity index (χ3n) is 2.02. The van der Waals surface area contributed by atoms with Gasteiger partial charge in [-0.3, -0.25) is 4.79 Å². The van der Waals surface area contributed by atoms with Gasteiger partial charge < -0.3 is 14.2 Å². The summed E-state index contributed by atoms with van der Waals surface area (Å²) in [5, 5.41) is 0. The third-order valence-corrected chi connectivity index (χ3v) is 2.02. The zero-order chi connectivity index (χ0) is 10.7. The van der Waals surface area contributed by atoms with Gasteiger partial charge in [0.15, 0.2) is 5.75 Å². The molecule has 80 valence electrons. The molecular formula is C10H11NO4. The van der Waals surface area contributed by atoms with Gasteiger partial charge in [0.25, 0.3) is 5.88 Å². The van der Waals surface area contributed by atoms with Gasteiger partial charge in [-0.1, -0.05) is 0 Å². The van der Waals surface area contributed by atoms with Gasteiger partial charge in [-0.05, 0) is 12.1 Å². The van der Waals surface area contributed by atoms with Crippen LogP contribution >= 0.6 is 0 Å². The van der Waals surface area contributed by atoms with E-state index in [4.69, 9.17) is 9.47 Å². The molecule has 0 aliphatic carbocycles. The lowest BCUT2D eigenvalue weighted by Crippen LogP contribution is -2.17. The van der Waals surface area contributed by atoms with Crippen molar-refractivity contribution in [1.82, 2.24) is 4.98 Å². The summed E-state index contributed by atoms with van der Waals surface area (Å²) in [6, 6.07) is 3.48. The van der Waals surface area contributed by atoms with Crippen LogP contribution in [-0.4, -0.2) is 31.3 Å². The Morgan fingerprint density at radius 3 is 3.07 bits per heavy atom. The number of ether oxygens (including phenoxy) is 3. The van der Waals surface area contributed by atoms with Crippen molar-refractivity contribution in [2.45, 2.75) is 6.42 Å². The monoisotopic (exact) mass is 209 g/mol. The second-order valence-corrected chi connectivity index (χ2v) is 3.06. The van der Waals surface area contributed by atoms with Crippen LogP contribution in [0.4, 0.5) is 0 Å². The minimum atomic E-state index is -0.320. The Morgan fingerprint density at radius 1 is 1.47 bits per heavy atom. The first-order chi connectivity index (χ1) is 7.29. The van der Waals surface area contributed by atoms with E-state index >= 15 is 0 Å². The maximum Gasteiger partial charge on any atom is 0.311 e. The molecular weight excluding hydrogens is 198 g/mol. The van der Waals surface area contributed by atoms with E-state index in [1.165, 1.54) is 7.11 Å². The van der Waals surface area contributed by atoms with Crippen LogP contribution in [0, 0.1) is 0 Å². The van der Waals surface area contributed by atoms with Crippen molar-refractivity contribution in [3.8, 4) is 11.6 Å². The van der Waals surface area contributed by atoms with E-state index in [1.807, 2.05) is 0 Å². The molecule has 0 spiro atoms. The van der Waals surface area contributed by atoms with Crippen molar-refractivity contribution in [2.24, 2.45) is 0 Å². The van der Waals surface area contributed by atoms with Crippen LogP contribution < -0.4 is 9.47 Å². The number of esters is 1. The van der Waals surface area contributed by atoms with Crippen molar-refractivity contribution >= 4 is 5.97 Å². The summed E-state index contributed by atoms with van der Waals surface area (Å²) >= 11 is 0. The highest BCUT2D eigenvalue weighted by Gasteiger charge is 2.14. The second-order valence-electron chi connectivity index (χ2n) is 3.06. The van der Waals surface area contributed by atoms with E-state index in [0.29, 0.717) is 30.5 Å². The van der Waals surface area contributed by atoms with Crippen LogP contribution in [0.15, 0.2) is 12.1 Å².